The summed E-state index contributed by atoms with van der Waals surface area (Å²) >= 11 is 1.63. The summed E-state index contributed by atoms with van der Waals surface area (Å²) in [5, 5.41) is 13.3. The van der Waals surface area contributed by atoms with Crippen molar-refractivity contribution in [2.75, 3.05) is 37.6 Å². The maximum Gasteiger partial charge on any atom is 0.387 e. The number of benzene rings is 1. The van der Waals surface area contributed by atoms with Gasteiger partial charge in [-0.3, -0.25) is 4.90 Å². The number of thiazole rings is 1. The van der Waals surface area contributed by atoms with Gasteiger partial charge in [0, 0.05) is 44.3 Å². The number of β-amino-alcohol motifs (C(OH)–C–C–N with tert-alkyl or cyclic N) is 1. The van der Waals surface area contributed by atoms with E-state index in [0.29, 0.717) is 12.1 Å². The van der Waals surface area contributed by atoms with Crippen molar-refractivity contribution in [2.45, 2.75) is 12.7 Å². The Bertz CT molecular complexity index is 617. The Morgan fingerprint density at radius 2 is 1.88 bits per heavy atom. The molecular weight excluding hydrogens is 336 g/mol. The Kier molecular flexibility index (Phi) is 5.60. The van der Waals surface area contributed by atoms with Crippen molar-refractivity contribution in [3.8, 4) is 5.75 Å². The van der Waals surface area contributed by atoms with Crippen LogP contribution in [0.1, 0.15) is 11.7 Å². The molecule has 1 atom stereocenters. The Morgan fingerprint density at radius 1 is 1.17 bits per heavy atom. The zero-order valence-corrected chi connectivity index (χ0v) is 13.8. The highest BCUT2D eigenvalue weighted by Crippen LogP contribution is 2.22. The van der Waals surface area contributed by atoms with E-state index >= 15 is 0 Å². The number of anilines is 1. The quantitative estimate of drug-likeness (QED) is 0.863. The minimum absolute atomic E-state index is 0.0954. The van der Waals surface area contributed by atoms with E-state index in [1.165, 1.54) is 12.1 Å². The van der Waals surface area contributed by atoms with Crippen molar-refractivity contribution in [3.05, 3.63) is 41.4 Å². The fourth-order valence-electron chi connectivity index (χ4n) is 2.72. The molecule has 0 spiro atoms. The van der Waals surface area contributed by atoms with Gasteiger partial charge in [0.1, 0.15) is 5.75 Å². The van der Waals surface area contributed by atoms with Gasteiger partial charge in [-0.25, -0.2) is 4.98 Å². The second kappa shape index (κ2) is 7.87. The SMILES string of the molecule is O[C@H](CN1CCN(c2nccs2)CC1)c1ccc(OC(F)F)cc1. The number of halogens is 2. The third kappa shape index (κ3) is 4.40. The van der Waals surface area contributed by atoms with Gasteiger partial charge in [0.2, 0.25) is 0 Å². The summed E-state index contributed by atoms with van der Waals surface area (Å²) in [6.07, 6.45) is 1.15. The van der Waals surface area contributed by atoms with Gasteiger partial charge < -0.3 is 14.7 Å². The Balaban J connectivity index is 1.49. The molecule has 0 aliphatic carbocycles. The molecule has 0 radical (unpaired) electrons. The molecule has 1 aliphatic rings. The van der Waals surface area contributed by atoms with Crippen molar-refractivity contribution >= 4 is 16.5 Å². The van der Waals surface area contributed by atoms with E-state index in [1.807, 2.05) is 5.38 Å². The smallest absolute Gasteiger partial charge is 0.387 e. The molecule has 2 heterocycles. The molecule has 1 aromatic heterocycles. The first kappa shape index (κ1) is 17.1. The summed E-state index contributed by atoms with van der Waals surface area (Å²) in [5.74, 6) is 0.0954. The van der Waals surface area contributed by atoms with Crippen LogP contribution < -0.4 is 9.64 Å². The minimum atomic E-state index is -2.84. The number of hydrogen-bond acceptors (Lipinski definition) is 6. The van der Waals surface area contributed by atoms with Gasteiger partial charge in [0.15, 0.2) is 5.13 Å². The van der Waals surface area contributed by atoms with E-state index in [4.69, 9.17) is 0 Å². The van der Waals surface area contributed by atoms with Crippen LogP contribution in [0.4, 0.5) is 13.9 Å². The van der Waals surface area contributed by atoms with Gasteiger partial charge >= 0.3 is 6.61 Å². The molecule has 0 saturated carbocycles. The molecule has 1 saturated heterocycles. The van der Waals surface area contributed by atoms with Gasteiger partial charge in [-0.15, -0.1) is 11.3 Å². The monoisotopic (exact) mass is 355 g/mol. The Morgan fingerprint density at radius 3 is 2.46 bits per heavy atom. The molecule has 2 aromatic rings. The number of ether oxygens (including phenoxy) is 1. The van der Waals surface area contributed by atoms with Crippen LogP contribution in [0.2, 0.25) is 0 Å². The van der Waals surface area contributed by atoms with E-state index in [-0.39, 0.29) is 5.75 Å². The lowest BCUT2D eigenvalue weighted by Gasteiger charge is -2.35. The van der Waals surface area contributed by atoms with Crippen molar-refractivity contribution < 1.29 is 18.6 Å². The Labute approximate surface area is 143 Å². The summed E-state index contributed by atoms with van der Waals surface area (Å²) in [5.41, 5.74) is 0.693. The van der Waals surface area contributed by atoms with E-state index in [1.54, 1.807) is 29.7 Å². The molecule has 3 rings (SSSR count). The number of aliphatic hydroxyl groups is 1. The number of piperazine rings is 1. The number of aliphatic hydroxyl groups excluding tert-OH is 1. The third-order valence-electron chi connectivity index (χ3n) is 3.98. The second-order valence-electron chi connectivity index (χ2n) is 5.57. The molecule has 1 aliphatic heterocycles. The van der Waals surface area contributed by atoms with Gasteiger partial charge in [-0.2, -0.15) is 8.78 Å². The molecule has 5 nitrogen and oxygen atoms in total. The summed E-state index contributed by atoms with van der Waals surface area (Å²) in [7, 11) is 0. The normalized spacial score (nSPS) is 17.2. The molecular formula is C16H19F2N3O2S. The maximum absolute atomic E-state index is 12.1. The van der Waals surface area contributed by atoms with Crippen LogP contribution in [0.25, 0.3) is 0 Å². The van der Waals surface area contributed by atoms with Crippen molar-refractivity contribution in [1.82, 2.24) is 9.88 Å². The number of rotatable bonds is 6. The average Bonchev–Trinajstić information content (AvgIpc) is 3.10. The molecule has 0 unspecified atom stereocenters. The van der Waals surface area contributed by atoms with E-state index in [9.17, 15) is 13.9 Å². The molecule has 130 valence electrons. The van der Waals surface area contributed by atoms with Gasteiger partial charge in [0.25, 0.3) is 0 Å². The fourth-order valence-corrected chi connectivity index (χ4v) is 3.41. The van der Waals surface area contributed by atoms with Crippen molar-refractivity contribution in [2.24, 2.45) is 0 Å². The largest absolute Gasteiger partial charge is 0.435 e. The van der Waals surface area contributed by atoms with E-state index in [0.717, 1.165) is 31.3 Å². The van der Waals surface area contributed by atoms with Crippen LogP contribution >= 0.6 is 11.3 Å². The van der Waals surface area contributed by atoms with E-state index < -0.39 is 12.7 Å². The first-order valence-corrected chi connectivity index (χ1v) is 8.59. The number of alkyl halides is 2. The lowest BCUT2D eigenvalue weighted by atomic mass is 10.1. The third-order valence-corrected chi connectivity index (χ3v) is 4.82. The number of aromatic nitrogens is 1. The number of hydrogen-bond donors (Lipinski definition) is 1. The van der Waals surface area contributed by atoms with Gasteiger partial charge in [-0.05, 0) is 17.7 Å². The van der Waals surface area contributed by atoms with Crippen LogP contribution in [0.3, 0.4) is 0 Å². The lowest BCUT2D eigenvalue weighted by molar-refractivity contribution is -0.0498. The molecule has 0 amide bonds. The van der Waals surface area contributed by atoms with Crippen LogP contribution in [-0.2, 0) is 0 Å². The highest BCUT2D eigenvalue weighted by Gasteiger charge is 2.21. The minimum Gasteiger partial charge on any atom is -0.435 e. The highest BCUT2D eigenvalue weighted by atomic mass is 32.1. The van der Waals surface area contributed by atoms with Crippen LogP contribution in [0.15, 0.2) is 35.8 Å². The molecule has 0 bridgehead atoms. The summed E-state index contributed by atoms with van der Waals surface area (Å²) in [6, 6.07) is 6.14. The van der Waals surface area contributed by atoms with Crippen LogP contribution in [-0.4, -0.2) is 54.3 Å². The molecule has 1 N–H and O–H groups in total. The second-order valence-corrected chi connectivity index (χ2v) is 6.44. The zero-order chi connectivity index (χ0) is 16.9. The lowest BCUT2D eigenvalue weighted by Crippen LogP contribution is -2.47. The first-order valence-electron chi connectivity index (χ1n) is 7.71. The Hall–Kier alpha value is -1.77. The number of nitrogens with zero attached hydrogens (tertiary/aromatic N) is 3. The van der Waals surface area contributed by atoms with Crippen molar-refractivity contribution in [3.63, 3.8) is 0 Å². The molecule has 1 fully saturated rings. The molecule has 1 aromatic carbocycles. The van der Waals surface area contributed by atoms with Crippen LogP contribution in [0.5, 0.6) is 5.75 Å². The van der Waals surface area contributed by atoms with Gasteiger partial charge in [0.05, 0.1) is 6.10 Å². The first-order chi connectivity index (χ1) is 11.6. The zero-order valence-electron chi connectivity index (χ0n) is 13.0. The average molecular weight is 355 g/mol. The molecule has 8 heteroatoms. The van der Waals surface area contributed by atoms with Gasteiger partial charge in [-0.1, -0.05) is 12.1 Å². The fraction of sp³-hybridized carbons (Fsp3) is 0.438. The topological polar surface area (TPSA) is 48.8 Å². The standard InChI is InChI=1S/C16H19F2N3O2S/c17-15(18)23-13-3-1-12(2-4-13)14(22)11-20-6-8-21(9-7-20)16-19-5-10-24-16/h1-5,10,14-15,22H,6-9,11H2/t14-/m1/s1. The predicted molar refractivity (Wildman–Crippen MR) is 88.8 cm³/mol. The maximum atomic E-state index is 12.1. The highest BCUT2D eigenvalue weighted by molar-refractivity contribution is 7.13. The summed E-state index contributed by atoms with van der Waals surface area (Å²) < 4.78 is 28.6. The molecule has 24 heavy (non-hydrogen) atoms. The predicted octanol–water partition coefficient (Wildman–Crippen LogP) is 2.60. The summed E-state index contributed by atoms with van der Waals surface area (Å²) in [6.45, 7) is 1.13. The summed E-state index contributed by atoms with van der Waals surface area (Å²) in [4.78, 5) is 8.75. The van der Waals surface area contributed by atoms with Crippen LogP contribution in [0, 0.1) is 0 Å². The van der Waals surface area contributed by atoms with E-state index in [2.05, 4.69) is 19.5 Å². The van der Waals surface area contributed by atoms with Crippen molar-refractivity contribution in [1.29, 1.82) is 0 Å².